The highest BCUT2D eigenvalue weighted by atomic mass is 16.5. The van der Waals surface area contributed by atoms with Crippen LogP contribution in [0.25, 0.3) is 6.08 Å². The molecule has 2 N–H and O–H groups in total. The molecule has 178 valence electrons. The summed E-state index contributed by atoms with van der Waals surface area (Å²) < 4.78 is 11.6. The highest BCUT2D eigenvalue weighted by Gasteiger charge is 2.12. The summed E-state index contributed by atoms with van der Waals surface area (Å²) >= 11 is 0. The zero-order valence-electron chi connectivity index (χ0n) is 19.6. The van der Waals surface area contributed by atoms with Gasteiger partial charge in [-0.05, 0) is 72.5 Å². The van der Waals surface area contributed by atoms with Gasteiger partial charge < -0.3 is 19.9 Å². The summed E-state index contributed by atoms with van der Waals surface area (Å²) in [5.74, 6) is -0.527. The quantitative estimate of drug-likeness (QED) is 0.300. The lowest BCUT2D eigenvalue weighted by Gasteiger charge is -2.13. The number of aromatic carboxylic acids is 1. The number of ether oxygens (including phenoxy) is 2. The van der Waals surface area contributed by atoms with Gasteiger partial charge in [-0.2, -0.15) is 5.26 Å². The fourth-order valence-electron chi connectivity index (χ4n) is 3.24. The van der Waals surface area contributed by atoms with Gasteiger partial charge in [-0.25, -0.2) is 4.79 Å². The van der Waals surface area contributed by atoms with Crippen molar-refractivity contribution in [2.75, 3.05) is 11.9 Å². The lowest BCUT2D eigenvalue weighted by Crippen LogP contribution is -2.13. The average Bonchev–Trinajstić information content (AvgIpc) is 2.87. The minimum atomic E-state index is -0.987. The van der Waals surface area contributed by atoms with Crippen molar-refractivity contribution in [3.05, 3.63) is 94.6 Å². The zero-order valence-corrected chi connectivity index (χ0v) is 19.6. The second-order valence-electron chi connectivity index (χ2n) is 7.60. The van der Waals surface area contributed by atoms with Crippen LogP contribution in [-0.4, -0.2) is 23.6 Å². The fraction of sp³-hybridized carbons (Fsp3) is 0.179. The Labute approximate surface area is 204 Å². The number of carbonyl (C=O) groups is 2. The standard InChI is InChI=1S/C28H26N2O5/c1-3-19-7-12-24(13-8-19)30-27(31)23(17-29)15-21-9-14-25(26(16-21)34-4-2)35-18-20-5-10-22(11-6-20)28(32)33/h5-16H,3-4,18H2,1-2H3,(H,30,31)(H,32,33)/b23-15+. The van der Waals surface area contributed by atoms with Crippen molar-refractivity contribution in [3.8, 4) is 17.6 Å². The second kappa shape index (κ2) is 12.1. The molecule has 0 unspecified atom stereocenters. The number of rotatable bonds is 10. The number of carboxylic acids is 1. The number of nitriles is 1. The van der Waals surface area contributed by atoms with Crippen LogP contribution in [0.15, 0.2) is 72.3 Å². The van der Waals surface area contributed by atoms with Gasteiger partial charge in [0.05, 0.1) is 12.2 Å². The van der Waals surface area contributed by atoms with Gasteiger partial charge in [0, 0.05) is 5.69 Å². The molecule has 1 amide bonds. The lowest BCUT2D eigenvalue weighted by molar-refractivity contribution is -0.112. The Hall–Kier alpha value is -4.57. The van der Waals surface area contributed by atoms with Crippen molar-refractivity contribution in [1.82, 2.24) is 0 Å². The van der Waals surface area contributed by atoms with Crippen LogP contribution in [0.4, 0.5) is 5.69 Å². The van der Waals surface area contributed by atoms with E-state index in [9.17, 15) is 14.9 Å². The molecular formula is C28H26N2O5. The van der Waals surface area contributed by atoms with Crippen LogP contribution in [0.1, 0.15) is 40.9 Å². The predicted molar refractivity (Wildman–Crippen MR) is 133 cm³/mol. The summed E-state index contributed by atoms with van der Waals surface area (Å²) in [5.41, 5.74) is 3.34. The molecule has 7 nitrogen and oxygen atoms in total. The number of aryl methyl sites for hydroxylation is 1. The molecule has 3 aromatic carbocycles. The summed E-state index contributed by atoms with van der Waals surface area (Å²) in [5, 5.41) is 21.3. The number of nitrogens with one attached hydrogen (secondary N) is 1. The Kier molecular flexibility index (Phi) is 8.63. The van der Waals surface area contributed by atoms with Gasteiger partial charge in [0.15, 0.2) is 11.5 Å². The maximum absolute atomic E-state index is 12.6. The summed E-state index contributed by atoms with van der Waals surface area (Å²) in [6, 6.07) is 21.0. The van der Waals surface area contributed by atoms with Gasteiger partial charge in [0.1, 0.15) is 18.2 Å². The molecule has 0 atom stereocenters. The molecule has 0 bridgehead atoms. The third-order valence-corrected chi connectivity index (χ3v) is 5.16. The zero-order chi connectivity index (χ0) is 25.2. The molecule has 0 radical (unpaired) electrons. The van der Waals surface area contributed by atoms with Gasteiger partial charge in [-0.15, -0.1) is 0 Å². The number of benzene rings is 3. The number of carboxylic acid groups (broad SMARTS) is 1. The first-order valence-electron chi connectivity index (χ1n) is 11.2. The number of amides is 1. The molecule has 0 fully saturated rings. The molecule has 0 saturated carbocycles. The van der Waals surface area contributed by atoms with Gasteiger partial charge in [0.25, 0.3) is 5.91 Å². The Bertz CT molecular complexity index is 1260. The molecule has 3 rings (SSSR count). The molecular weight excluding hydrogens is 444 g/mol. The van der Waals surface area contributed by atoms with Crippen LogP contribution in [-0.2, 0) is 17.8 Å². The number of hydrogen-bond donors (Lipinski definition) is 2. The van der Waals surface area contributed by atoms with Crippen molar-refractivity contribution >= 4 is 23.6 Å². The van der Waals surface area contributed by atoms with E-state index < -0.39 is 11.9 Å². The number of nitrogens with zero attached hydrogens (tertiary/aromatic N) is 1. The maximum Gasteiger partial charge on any atom is 0.335 e. The van der Waals surface area contributed by atoms with Crippen molar-refractivity contribution in [1.29, 1.82) is 5.26 Å². The van der Waals surface area contributed by atoms with Crippen molar-refractivity contribution < 1.29 is 24.2 Å². The van der Waals surface area contributed by atoms with E-state index in [2.05, 4.69) is 12.2 Å². The Balaban J connectivity index is 1.74. The number of carbonyl (C=O) groups excluding carboxylic acids is 1. The molecule has 3 aromatic rings. The van der Waals surface area contributed by atoms with Crippen LogP contribution >= 0.6 is 0 Å². The summed E-state index contributed by atoms with van der Waals surface area (Å²) in [6.07, 6.45) is 2.39. The SMILES string of the molecule is CCOc1cc(/C=C(\C#N)C(=O)Nc2ccc(CC)cc2)ccc1OCc1ccc(C(=O)O)cc1. The Morgan fingerprint density at radius 2 is 1.63 bits per heavy atom. The minimum Gasteiger partial charge on any atom is -0.490 e. The van der Waals surface area contributed by atoms with E-state index >= 15 is 0 Å². The largest absolute Gasteiger partial charge is 0.490 e. The van der Waals surface area contributed by atoms with Crippen LogP contribution in [0.5, 0.6) is 11.5 Å². The average molecular weight is 471 g/mol. The van der Waals surface area contributed by atoms with E-state index in [1.807, 2.05) is 25.1 Å². The Morgan fingerprint density at radius 1 is 0.943 bits per heavy atom. The van der Waals surface area contributed by atoms with Crippen LogP contribution < -0.4 is 14.8 Å². The van der Waals surface area contributed by atoms with Gasteiger partial charge in [-0.1, -0.05) is 37.3 Å². The second-order valence-corrected chi connectivity index (χ2v) is 7.60. The predicted octanol–water partition coefficient (Wildman–Crippen LogP) is 5.47. The topological polar surface area (TPSA) is 109 Å². The van der Waals surface area contributed by atoms with Crippen LogP contribution in [0.2, 0.25) is 0 Å². The summed E-state index contributed by atoms with van der Waals surface area (Å²) in [7, 11) is 0. The first-order valence-corrected chi connectivity index (χ1v) is 11.2. The summed E-state index contributed by atoms with van der Waals surface area (Å²) in [4.78, 5) is 23.6. The molecule has 0 saturated heterocycles. The van der Waals surface area contributed by atoms with Crippen molar-refractivity contribution in [3.63, 3.8) is 0 Å². The third kappa shape index (κ3) is 6.95. The number of hydrogen-bond acceptors (Lipinski definition) is 5. The number of anilines is 1. The molecule has 0 aliphatic rings. The molecule has 0 aromatic heterocycles. The normalized spacial score (nSPS) is 10.8. The molecule has 35 heavy (non-hydrogen) atoms. The van der Waals surface area contributed by atoms with Crippen molar-refractivity contribution in [2.24, 2.45) is 0 Å². The van der Waals surface area contributed by atoms with Gasteiger partial charge in [-0.3, -0.25) is 4.79 Å². The van der Waals surface area contributed by atoms with Crippen molar-refractivity contribution in [2.45, 2.75) is 26.9 Å². The van der Waals surface area contributed by atoms with Crippen LogP contribution in [0.3, 0.4) is 0 Å². The molecule has 0 heterocycles. The fourth-order valence-corrected chi connectivity index (χ4v) is 3.24. The smallest absolute Gasteiger partial charge is 0.335 e. The van der Waals surface area contributed by atoms with E-state index in [4.69, 9.17) is 14.6 Å². The highest BCUT2D eigenvalue weighted by molar-refractivity contribution is 6.09. The molecule has 0 aliphatic heterocycles. The van der Waals surface area contributed by atoms with Gasteiger partial charge in [0.2, 0.25) is 0 Å². The lowest BCUT2D eigenvalue weighted by atomic mass is 10.1. The van der Waals surface area contributed by atoms with E-state index in [-0.39, 0.29) is 17.7 Å². The van der Waals surface area contributed by atoms with E-state index in [1.165, 1.54) is 18.2 Å². The monoisotopic (exact) mass is 470 g/mol. The minimum absolute atomic E-state index is 0.0424. The van der Waals surface area contributed by atoms with E-state index in [0.717, 1.165) is 17.5 Å². The first kappa shape index (κ1) is 25.1. The molecule has 0 aliphatic carbocycles. The van der Waals surface area contributed by atoms with Crippen LogP contribution in [0, 0.1) is 11.3 Å². The first-order chi connectivity index (χ1) is 16.9. The maximum atomic E-state index is 12.6. The van der Waals surface area contributed by atoms with E-state index in [1.54, 1.807) is 42.5 Å². The molecule has 7 heteroatoms. The molecule has 0 spiro atoms. The van der Waals surface area contributed by atoms with E-state index in [0.29, 0.717) is 29.4 Å². The van der Waals surface area contributed by atoms with Gasteiger partial charge >= 0.3 is 5.97 Å². The summed E-state index contributed by atoms with van der Waals surface area (Å²) in [6.45, 7) is 4.51. The highest BCUT2D eigenvalue weighted by Crippen LogP contribution is 2.30. The third-order valence-electron chi connectivity index (χ3n) is 5.16. The Morgan fingerprint density at radius 3 is 2.23 bits per heavy atom.